The molecule has 0 saturated heterocycles. The first-order chi connectivity index (χ1) is 17.9. The number of aryl methyl sites for hydroxylation is 1. The zero-order valence-corrected chi connectivity index (χ0v) is 23.5. The van der Waals surface area contributed by atoms with E-state index in [0.29, 0.717) is 24.7 Å². The molecule has 0 saturated carbocycles. The third-order valence-corrected chi connectivity index (χ3v) is 7.47. The smallest absolute Gasteiger partial charge is 0.323 e. The van der Waals surface area contributed by atoms with Crippen molar-refractivity contribution in [2.75, 3.05) is 25.5 Å². The van der Waals surface area contributed by atoms with Gasteiger partial charge in [-0.3, -0.25) is 5.32 Å². The molecule has 2 N–H and O–H groups in total. The van der Waals surface area contributed by atoms with Crippen LogP contribution in [0.15, 0.2) is 36.5 Å². The lowest BCUT2D eigenvalue weighted by molar-refractivity contribution is 0.211. The van der Waals surface area contributed by atoms with Crippen LogP contribution >= 0.6 is 0 Å². The van der Waals surface area contributed by atoms with Crippen molar-refractivity contribution in [3.8, 4) is 5.75 Å². The average molecular weight is 505 g/mol. The number of hydrogen-bond donors (Lipinski definition) is 2. The van der Waals surface area contributed by atoms with Crippen molar-refractivity contribution in [1.82, 2.24) is 14.9 Å². The van der Waals surface area contributed by atoms with Gasteiger partial charge in [0, 0.05) is 35.1 Å². The number of ether oxygens (including phenoxy) is 1. The van der Waals surface area contributed by atoms with Gasteiger partial charge in [-0.25, -0.2) is 9.78 Å². The maximum absolute atomic E-state index is 13.1. The molecule has 1 aromatic carbocycles. The van der Waals surface area contributed by atoms with Crippen molar-refractivity contribution in [1.29, 1.82) is 0 Å². The van der Waals surface area contributed by atoms with E-state index in [2.05, 4.69) is 74.5 Å². The largest absolute Gasteiger partial charge is 0.495 e. The van der Waals surface area contributed by atoms with Gasteiger partial charge in [0.15, 0.2) is 0 Å². The summed E-state index contributed by atoms with van der Waals surface area (Å²) in [4.78, 5) is 23.0. The molecule has 2 aromatic heterocycles. The highest BCUT2D eigenvalue weighted by Crippen LogP contribution is 2.40. The Hall–Kier alpha value is -3.02. The molecule has 0 aliphatic heterocycles. The van der Waals surface area contributed by atoms with Crippen LogP contribution in [0.1, 0.15) is 83.5 Å². The summed E-state index contributed by atoms with van der Waals surface area (Å²) in [7, 11) is 1.60. The van der Waals surface area contributed by atoms with E-state index in [-0.39, 0.29) is 11.4 Å². The Labute approximate surface area is 223 Å². The number of aromatic nitrogens is 2. The molecule has 2 amide bonds. The summed E-state index contributed by atoms with van der Waals surface area (Å²) in [5, 5.41) is 4.24. The van der Waals surface area contributed by atoms with Crippen molar-refractivity contribution in [3.05, 3.63) is 59.8 Å². The van der Waals surface area contributed by atoms with E-state index in [9.17, 15) is 4.79 Å². The van der Waals surface area contributed by atoms with Gasteiger partial charge in [-0.2, -0.15) is 0 Å². The van der Waals surface area contributed by atoms with Gasteiger partial charge in [-0.1, -0.05) is 53.2 Å². The molecule has 0 aliphatic rings. The number of aromatic amines is 1. The summed E-state index contributed by atoms with van der Waals surface area (Å²) in [5.41, 5.74) is 5.10. The number of benzene rings is 1. The first-order valence-electron chi connectivity index (χ1n) is 13.9. The van der Waals surface area contributed by atoms with Gasteiger partial charge >= 0.3 is 6.03 Å². The third kappa shape index (κ3) is 6.65. The molecule has 0 atom stereocenters. The summed E-state index contributed by atoms with van der Waals surface area (Å²) in [6, 6.07) is 10.2. The number of rotatable bonds is 14. The van der Waals surface area contributed by atoms with Crippen LogP contribution in [0, 0.1) is 6.42 Å². The lowest BCUT2D eigenvalue weighted by Gasteiger charge is -2.31. The van der Waals surface area contributed by atoms with Crippen molar-refractivity contribution in [2.45, 2.75) is 85.0 Å². The summed E-state index contributed by atoms with van der Waals surface area (Å²) in [5.74, 6) is 1.19. The Bertz CT molecular complexity index is 1130. The zero-order chi connectivity index (χ0) is 26.8. The molecule has 6 nitrogen and oxygen atoms in total. The van der Waals surface area contributed by atoms with Crippen molar-refractivity contribution >= 4 is 22.8 Å². The molecule has 0 aliphatic carbocycles. The molecule has 2 radical (unpaired) electrons. The van der Waals surface area contributed by atoms with Crippen LogP contribution in [0.4, 0.5) is 10.6 Å². The van der Waals surface area contributed by atoms with Crippen LogP contribution < -0.4 is 10.1 Å². The van der Waals surface area contributed by atoms with Crippen molar-refractivity contribution in [3.63, 3.8) is 0 Å². The molecule has 0 bridgehead atoms. The number of anilines is 1. The molecular weight excluding hydrogens is 460 g/mol. The lowest BCUT2D eigenvalue weighted by atomic mass is 9.74. The van der Waals surface area contributed by atoms with Crippen molar-refractivity contribution in [2.24, 2.45) is 0 Å². The van der Waals surface area contributed by atoms with Gasteiger partial charge in [0.25, 0.3) is 0 Å². The van der Waals surface area contributed by atoms with E-state index in [1.165, 1.54) is 27.7 Å². The van der Waals surface area contributed by atoms with E-state index in [1.54, 1.807) is 25.4 Å². The summed E-state index contributed by atoms with van der Waals surface area (Å²) < 4.78 is 5.16. The Balaban J connectivity index is 1.79. The number of nitrogens with one attached hydrogen (secondary N) is 2. The summed E-state index contributed by atoms with van der Waals surface area (Å²) in [6.45, 7) is 12.4. The monoisotopic (exact) mass is 504 g/mol. The first kappa shape index (κ1) is 28.5. The molecule has 37 heavy (non-hydrogen) atoms. The van der Waals surface area contributed by atoms with Gasteiger partial charge in [-0.15, -0.1) is 0 Å². The number of fused-ring (bicyclic) bond motifs is 1. The van der Waals surface area contributed by atoms with E-state index in [0.717, 1.165) is 44.9 Å². The van der Waals surface area contributed by atoms with Crippen LogP contribution in [-0.4, -0.2) is 41.1 Å². The second kappa shape index (κ2) is 13.5. The summed E-state index contributed by atoms with van der Waals surface area (Å²) in [6.07, 6.45) is 12.2. The summed E-state index contributed by atoms with van der Waals surface area (Å²) >= 11 is 0. The molecule has 0 unspecified atom stereocenters. The molecule has 200 valence electrons. The molecule has 3 rings (SSSR count). The van der Waals surface area contributed by atoms with Gasteiger partial charge in [0.1, 0.15) is 11.6 Å². The maximum Gasteiger partial charge on any atom is 0.323 e. The number of methoxy groups -OCH3 is 1. The van der Waals surface area contributed by atoms with E-state index in [4.69, 9.17) is 4.74 Å². The van der Waals surface area contributed by atoms with Crippen LogP contribution in [0.3, 0.4) is 0 Å². The average Bonchev–Trinajstić information content (AvgIpc) is 3.30. The van der Waals surface area contributed by atoms with Crippen LogP contribution in [0.5, 0.6) is 5.75 Å². The number of carbonyl (C=O) groups excluding carboxylic acids is 1. The van der Waals surface area contributed by atoms with Crippen LogP contribution in [0.25, 0.3) is 10.9 Å². The minimum absolute atomic E-state index is 0.0379. The molecule has 2 heterocycles. The van der Waals surface area contributed by atoms with Gasteiger partial charge in [0.2, 0.25) is 0 Å². The highest BCUT2D eigenvalue weighted by molar-refractivity contribution is 5.88. The maximum atomic E-state index is 13.1. The molecule has 0 fully saturated rings. The Morgan fingerprint density at radius 3 is 2.49 bits per heavy atom. The number of H-pyrrole nitrogens is 1. The number of carbonyl (C=O) groups is 1. The zero-order valence-electron chi connectivity index (χ0n) is 23.5. The Kier molecular flexibility index (Phi) is 10.4. The molecular formula is C31H44N4O2. The number of unbranched alkanes of at least 4 members (excludes halogenated alkanes) is 1. The predicted octanol–water partition coefficient (Wildman–Crippen LogP) is 7.56. The standard InChI is InChI=1S/C31H44N4O2/c1-7-12-19-35(30(36)34-28-16-14-24(37-6)22-32-28)20-17-23-13-15-26-25(9-3)29(33-27(26)21-23)31(10-4,11-5)18-8-2/h13-16,21-22,33H,7-12,17,19-20H2,1-6H3,(H,32,34,36). The SMILES string of the molecule is CC[C]C(CC)(CC)c1[nH]c2cc(CCN(CCCC)C(=O)Nc3ccc(OC)cn3)ccc2c1CC. The van der Waals surface area contributed by atoms with E-state index in [1.807, 2.05) is 4.90 Å². The minimum atomic E-state index is -0.121. The third-order valence-electron chi connectivity index (χ3n) is 7.47. The van der Waals surface area contributed by atoms with Gasteiger partial charge in [-0.05, 0) is 74.3 Å². The van der Waals surface area contributed by atoms with Crippen LogP contribution in [0.2, 0.25) is 0 Å². The van der Waals surface area contributed by atoms with E-state index >= 15 is 0 Å². The second-order valence-electron chi connectivity index (χ2n) is 9.64. The number of nitrogens with zero attached hydrogens (tertiary/aromatic N) is 2. The van der Waals surface area contributed by atoms with E-state index < -0.39 is 0 Å². The second-order valence-corrected chi connectivity index (χ2v) is 9.64. The Morgan fingerprint density at radius 2 is 1.89 bits per heavy atom. The number of urea groups is 1. The number of hydrogen-bond acceptors (Lipinski definition) is 3. The minimum Gasteiger partial charge on any atom is -0.495 e. The van der Waals surface area contributed by atoms with Gasteiger partial charge in [0.05, 0.1) is 13.3 Å². The quantitative estimate of drug-likeness (QED) is 0.238. The fraction of sp³-hybridized carbons (Fsp3) is 0.516. The number of pyridine rings is 1. The highest BCUT2D eigenvalue weighted by Gasteiger charge is 2.32. The highest BCUT2D eigenvalue weighted by atomic mass is 16.5. The van der Waals surface area contributed by atoms with Gasteiger partial charge < -0.3 is 14.6 Å². The van der Waals surface area contributed by atoms with Crippen molar-refractivity contribution < 1.29 is 9.53 Å². The normalized spacial score (nSPS) is 11.6. The fourth-order valence-electron chi connectivity index (χ4n) is 5.21. The number of amides is 2. The fourth-order valence-corrected chi connectivity index (χ4v) is 5.21. The molecule has 0 spiro atoms. The molecule has 3 aromatic rings. The molecule has 6 heteroatoms. The lowest BCUT2D eigenvalue weighted by Crippen LogP contribution is -2.37. The van der Waals surface area contributed by atoms with Crippen LogP contribution in [-0.2, 0) is 18.3 Å². The topological polar surface area (TPSA) is 70.2 Å². The predicted molar refractivity (Wildman–Crippen MR) is 153 cm³/mol. The first-order valence-corrected chi connectivity index (χ1v) is 13.9. The Morgan fingerprint density at radius 1 is 1.11 bits per heavy atom.